The van der Waals surface area contributed by atoms with Crippen molar-refractivity contribution in [1.82, 2.24) is 15.6 Å². The molecule has 3 aromatic carbocycles. The molecule has 0 aliphatic rings. The van der Waals surface area contributed by atoms with Crippen LogP contribution in [0.25, 0.3) is 11.3 Å². The van der Waals surface area contributed by atoms with E-state index in [1.165, 1.54) is 0 Å². The number of H-pyrrole nitrogens is 1. The van der Waals surface area contributed by atoms with Crippen LogP contribution >= 0.6 is 11.6 Å². The minimum absolute atomic E-state index is 0.0936. The zero-order chi connectivity index (χ0) is 23.2. The van der Waals surface area contributed by atoms with Crippen molar-refractivity contribution in [2.24, 2.45) is 5.10 Å². The standard InChI is InChI=1S/C25H21ClN4O3/c1-16(20-7-3-5-9-24(20)31)27-30-25(32)23-14-22(28-29-23)17-10-12-19(13-11-17)33-15-18-6-2-4-8-21(18)26/h2-14,31H,15H2,1H3,(H,28,29)(H,30,32)/b27-16-. The van der Waals surface area contributed by atoms with Crippen molar-refractivity contribution < 1.29 is 14.6 Å². The van der Waals surface area contributed by atoms with E-state index in [-0.39, 0.29) is 11.4 Å². The van der Waals surface area contributed by atoms with Crippen molar-refractivity contribution in [1.29, 1.82) is 0 Å². The molecule has 0 saturated heterocycles. The largest absolute Gasteiger partial charge is 0.507 e. The van der Waals surface area contributed by atoms with Gasteiger partial charge in [-0.2, -0.15) is 10.2 Å². The van der Waals surface area contributed by atoms with Crippen molar-refractivity contribution in [3.8, 4) is 22.8 Å². The number of aromatic amines is 1. The van der Waals surface area contributed by atoms with Crippen LogP contribution in [-0.2, 0) is 6.61 Å². The van der Waals surface area contributed by atoms with Crippen LogP contribution < -0.4 is 10.2 Å². The number of phenolic OH excluding ortho intramolecular Hbond substituents is 1. The highest BCUT2D eigenvalue weighted by Crippen LogP contribution is 2.23. The summed E-state index contributed by atoms with van der Waals surface area (Å²) >= 11 is 6.16. The van der Waals surface area contributed by atoms with Gasteiger partial charge in [0.15, 0.2) is 0 Å². The van der Waals surface area contributed by atoms with E-state index in [9.17, 15) is 9.90 Å². The molecule has 0 aliphatic carbocycles. The van der Waals surface area contributed by atoms with Gasteiger partial charge in [-0.25, -0.2) is 5.43 Å². The topological polar surface area (TPSA) is 99.6 Å². The lowest BCUT2D eigenvalue weighted by Gasteiger charge is -2.08. The normalized spacial score (nSPS) is 11.3. The molecule has 0 spiro atoms. The Morgan fingerprint density at radius 3 is 2.58 bits per heavy atom. The summed E-state index contributed by atoms with van der Waals surface area (Å²) in [4.78, 5) is 12.4. The maximum atomic E-state index is 12.4. The molecule has 0 radical (unpaired) electrons. The number of benzene rings is 3. The molecular weight excluding hydrogens is 440 g/mol. The van der Waals surface area contributed by atoms with Crippen LogP contribution in [0.4, 0.5) is 0 Å². The van der Waals surface area contributed by atoms with E-state index >= 15 is 0 Å². The molecule has 8 heteroatoms. The first kappa shape index (κ1) is 22.1. The number of ether oxygens (including phenoxy) is 1. The van der Waals surface area contributed by atoms with Crippen LogP contribution in [0, 0.1) is 0 Å². The number of nitrogens with zero attached hydrogens (tertiary/aromatic N) is 2. The van der Waals surface area contributed by atoms with E-state index in [0.29, 0.717) is 34.3 Å². The highest BCUT2D eigenvalue weighted by molar-refractivity contribution is 6.31. The van der Waals surface area contributed by atoms with Crippen molar-refractivity contribution in [2.45, 2.75) is 13.5 Å². The molecule has 0 bridgehead atoms. The molecule has 0 aliphatic heterocycles. The van der Waals surface area contributed by atoms with Crippen LogP contribution in [0.15, 0.2) is 84.0 Å². The summed E-state index contributed by atoms with van der Waals surface area (Å²) in [5, 5.41) is 21.5. The number of aromatic hydroxyl groups is 1. The van der Waals surface area contributed by atoms with Crippen LogP contribution in [0.2, 0.25) is 5.02 Å². The third kappa shape index (κ3) is 5.39. The summed E-state index contributed by atoms with van der Waals surface area (Å²) in [5.74, 6) is 0.348. The molecule has 0 saturated carbocycles. The predicted molar refractivity (Wildman–Crippen MR) is 128 cm³/mol. The first-order chi connectivity index (χ1) is 16.0. The fourth-order valence-corrected chi connectivity index (χ4v) is 3.31. The van der Waals surface area contributed by atoms with Gasteiger partial charge in [0.1, 0.15) is 23.8 Å². The van der Waals surface area contributed by atoms with Gasteiger partial charge in [-0.05, 0) is 55.5 Å². The highest BCUT2D eigenvalue weighted by atomic mass is 35.5. The quantitative estimate of drug-likeness (QED) is 0.261. The summed E-state index contributed by atoms with van der Waals surface area (Å²) in [6.07, 6.45) is 0. The van der Waals surface area contributed by atoms with Gasteiger partial charge in [0.05, 0.1) is 11.4 Å². The summed E-state index contributed by atoms with van der Waals surface area (Å²) in [6, 6.07) is 23.3. The van der Waals surface area contributed by atoms with E-state index in [0.717, 1.165) is 11.1 Å². The fourth-order valence-electron chi connectivity index (χ4n) is 3.12. The second-order valence-corrected chi connectivity index (χ2v) is 7.63. The van der Waals surface area contributed by atoms with Crippen LogP contribution in [0.1, 0.15) is 28.5 Å². The molecule has 3 N–H and O–H groups in total. The van der Waals surface area contributed by atoms with Crippen molar-refractivity contribution >= 4 is 23.2 Å². The Kier molecular flexibility index (Phi) is 6.71. The Hall–Kier alpha value is -4.10. The molecule has 0 atom stereocenters. The average Bonchev–Trinajstić information content (AvgIpc) is 3.33. The van der Waals surface area contributed by atoms with Gasteiger partial charge < -0.3 is 9.84 Å². The van der Waals surface area contributed by atoms with Crippen LogP contribution in [0.5, 0.6) is 11.5 Å². The molecule has 166 valence electrons. The molecule has 0 fully saturated rings. The molecular formula is C25H21ClN4O3. The smallest absolute Gasteiger partial charge is 0.289 e. The van der Waals surface area contributed by atoms with E-state index < -0.39 is 5.91 Å². The second kappa shape index (κ2) is 10.0. The number of carbonyl (C=O) groups is 1. The Bertz CT molecular complexity index is 1300. The molecule has 1 amide bonds. The predicted octanol–water partition coefficient (Wildman–Crippen LogP) is 5.17. The molecule has 7 nitrogen and oxygen atoms in total. The number of phenols is 1. The number of aromatic nitrogens is 2. The summed E-state index contributed by atoms with van der Waals surface area (Å²) in [5.41, 5.74) is 6.10. The van der Waals surface area contributed by atoms with Gasteiger partial charge in [-0.3, -0.25) is 9.89 Å². The number of carbonyl (C=O) groups excluding carboxylic acids is 1. The number of hydrazone groups is 1. The van der Waals surface area contributed by atoms with Gasteiger partial charge in [0.25, 0.3) is 5.91 Å². The maximum Gasteiger partial charge on any atom is 0.289 e. The number of hydrogen-bond acceptors (Lipinski definition) is 5. The van der Waals surface area contributed by atoms with Gasteiger partial charge >= 0.3 is 0 Å². The molecule has 4 aromatic rings. The average molecular weight is 461 g/mol. The Balaban J connectivity index is 1.38. The summed E-state index contributed by atoms with van der Waals surface area (Å²) in [7, 11) is 0. The lowest BCUT2D eigenvalue weighted by Crippen LogP contribution is -2.19. The third-order valence-electron chi connectivity index (χ3n) is 4.94. The fraction of sp³-hybridized carbons (Fsp3) is 0.0800. The number of halogens is 1. The molecule has 4 rings (SSSR count). The number of nitrogens with one attached hydrogen (secondary N) is 2. The van der Waals surface area contributed by atoms with E-state index in [2.05, 4.69) is 20.7 Å². The Labute approximate surface area is 195 Å². The van der Waals surface area contributed by atoms with Gasteiger partial charge in [0, 0.05) is 21.7 Å². The molecule has 0 unspecified atom stereocenters. The Morgan fingerprint density at radius 1 is 1.09 bits per heavy atom. The van der Waals surface area contributed by atoms with Crippen molar-refractivity contribution in [3.05, 3.63) is 101 Å². The SMILES string of the molecule is C/C(=N/NC(=O)c1cc(-c2ccc(OCc3ccccc3Cl)cc2)n[nH]1)c1ccccc1O. The first-order valence-electron chi connectivity index (χ1n) is 10.2. The van der Waals surface area contributed by atoms with Crippen LogP contribution in [0.3, 0.4) is 0 Å². The zero-order valence-corrected chi connectivity index (χ0v) is 18.5. The highest BCUT2D eigenvalue weighted by Gasteiger charge is 2.12. The monoisotopic (exact) mass is 460 g/mol. The van der Waals surface area contributed by atoms with Gasteiger partial charge in [-0.15, -0.1) is 0 Å². The first-order valence-corrected chi connectivity index (χ1v) is 10.5. The molecule has 1 aromatic heterocycles. The lowest BCUT2D eigenvalue weighted by molar-refractivity contribution is 0.0950. The number of amides is 1. The van der Waals surface area contributed by atoms with Gasteiger partial charge in [0.2, 0.25) is 0 Å². The molecule has 1 heterocycles. The van der Waals surface area contributed by atoms with Crippen molar-refractivity contribution in [2.75, 3.05) is 0 Å². The van der Waals surface area contributed by atoms with Gasteiger partial charge in [-0.1, -0.05) is 41.9 Å². The summed E-state index contributed by atoms with van der Waals surface area (Å²) in [6.45, 7) is 2.07. The lowest BCUT2D eigenvalue weighted by atomic mass is 10.1. The summed E-state index contributed by atoms with van der Waals surface area (Å²) < 4.78 is 5.80. The number of hydrogen-bond donors (Lipinski definition) is 3. The van der Waals surface area contributed by atoms with E-state index in [1.54, 1.807) is 37.3 Å². The number of para-hydroxylation sites is 1. The van der Waals surface area contributed by atoms with Crippen LogP contribution in [-0.4, -0.2) is 26.9 Å². The third-order valence-corrected chi connectivity index (χ3v) is 5.31. The second-order valence-electron chi connectivity index (χ2n) is 7.23. The minimum Gasteiger partial charge on any atom is -0.507 e. The molecule has 33 heavy (non-hydrogen) atoms. The zero-order valence-electron chi connectivity index (χ0n) is 17.7. The maximum absolute atomic E-state index is 12.4. The van der Waals surface area contributed by atoms with Crippen molar-refractivity contribution in [3.63, 3.8) is 0 Å². The van der Waals surface area contributed by atoms with E-state index in [4.69, 9.17) is 16.3 Å². The van der Waals surface area contributed by atoms with E-state index in [1.807, 2.05) is 48.5 Å². The minimum atomic E-state index is -0.441. The number of rotatable bonds is 7. The Morgan fingerprint density at radius 2 is 1.82 bits per heavy atom.